The standard InChI is InChI=1S/C16H21N5OS/c22-15(19-7-9-23-10-8-19)14-3-1-5-20(14)11-13-12-21-6-2-4-17-16(21)18-13/h2,4,6,12,14H,1,3,5,7-11H2. The predicted molar refractivity (Wildman–Crippen MR) is 90.3 cm³/mol. The highest BCUT2D eigenvalue weighted by molar-refractivity contribution is 7.99. The van der Waals surface area contributed by atoms with Gasteiger partial charge in [-0.15, -0.1) is 0 Å². The van der Waals surface area contributed by atoms with Crippen LogP contribution >= 0.6 is 11.8 Å². The van der Waals surface area contributed by atoms with Gasteiger partial charge in [-0.3, -0.25) is 14.1 Å². The van der Waals surface area contributed by atoms with E-state index in [0.29, 0.717) is 5.91 Å². The summed E-state index contributed by atoms with van der Waals surface area (Å²) in [6.07, 6.45) is 7.78. The van der Waals surface area contributed by atoms with Crippen LogP contribution in [-0.4, -0.2) is 67.3 Å². The molecule has 0 saturated carbocycles. The van der Waals surface area contributed by atoms with Gasteiger partial charge in [0.2, 0.25) is 11.7 Å². The van der Waals surface area contributed by atoms with Gasteiger partial charge < -0.3 is 4.90 Å². The monoisotopic (exact) mass is 331 g/mol. The van der Waals surface area contributed by atoms with Gasteiger partial charge in [0.25, 0.3) is 0 Å². The zero-order valence-corrected chi connectivity index (χ0v) is 13.9. The van der Waals surface area contributed by atoms with Gasteiger partial charge in [-0.05, 0) is 25.5 Å². The first-order valence-corrected chi connectivity index (χ1v) is 9.36. The second-order valence-corrected chi connectivity index (χ2v) is 7.35. The molecule has 122 valence electrons. The SMILES string of the molecule is O=C(C1CCCN1Cc1cn2cccnc2n1)N1CCSCC1. The molecule has 23 heavy (non-hydrogen) atoms. The van der Waals surface area contributed by atoms with Crippen molar-refractivity contribution in [3.8, 4) is 0 Å². The fourth-order valence-electron chi connectivity index (χ4n) is 3.45. The fourth-order valence-corrected chi connectivity index (χ4v) is 4.36. The molecule has 4 rings (SSSR count). The number of hydrogen-bond donors (Lipinski definition) is 0. The maximum atomic E-state index is 12.8. The molecule has 0 aromatic carbocycles. The number of nitrogens with zero attached hydrogens (tertiary/aromatic N) is 5. The first-order valence-electron chi connectivity index (χ1n) is 8.20. The van der Waals surface area contributed by atoms with Crippen LogP contribution in [-0.2, 0) is 11.3 Å². The molecule has 2 aliphatic heterocycles. The minimum atomic E-state index is 0.0240. The lowest BCUT2D eigenvalue weighted by molar-refractivity contribution is -0.135. The lowest BCUT2D eigenvalue weighted by atomic mass is 10.2. The molecule has 2 saturated heterocycles. The van der Waals surface area contributed by atoms with Crippen molar-refractivity contribution in [2.45, 2.75) is 25.4 Å². The molecule has 0 spiro atoms. The van der Waals surface area contributed by atoms with Gasteiger partial charge in [-0.25, -0.2) is 9.97 Å². The number of thioether (sulfide) groups is 1. The van der Waals surface area contributed by atoms with Crippen molar-refractivity contribution in [2.24, 2.45) is 0 Å². The van der Waals surface area contributed by atoms with Crippen LogP contribution in [0.1, 0.15) is 18.5 Å². The van der Waals surface area contributed by atoms with E-state index in [1.165, 1.54) is 0 Å². The topological polar surface area (TPSA) is 53.7 Å². The van der Waals surface area contributed by atoms with Gasteiger partial charge in [0.1, 0.15) is 0 Å². The summed E-state index contributed by atoms with van der Waals surface area (Å²) in [5.41, 5.74) is 0.984. The smallest absolute Gasteiger partial charge is 0.239 e. The highest BCUT2D eigenvalue weighted by Gasteiger charge is 2.34. The summed E-state index contributed by atoms with van der Waals surface area (Å²) in [6, 6.07) is 1.92. The largest absolute Gasteiger partial charge is 0.340 e. The summed E-state index contributed by atoms with van der Waals surface area (Å²) >= 11 is 1.94. The van der Waals surface area contributed by atoms with E-state index in [-0.39, 0.29) is 6.04 Å². The first-order chi connectivity index (χ1) is 11.3. The van der Waals surface area contributed by atoms with Crippen molar-refractivity contribution < 1.29 is 4.79 Å². The predicted octanol–water partition coefficient (Wildman–Crippen LogP) is 1.27. The Morgan fingerprint density at radius 1 is 1.30 bits per heavy atom. The summed E-state index contributed by atoms with van der Waals surface area (Å²) in [6.45, 7) is 3.49. The highest BCUT2D eigenvalue weighted by Crippen LogP contribution is 2.23. The molecule has 1 unspecified atom stereocenters. The number of imidazole rings is 1. The molecule has 0 radical (unpaired) electrons. The molecule has 0 bridgehead atoms. The normalized spacial score (nSPS) is 22.8. The molecule has 0 N–H and O–H groups in total. The van der Waals surface area contributed by atoms with E-state index in [2.05, 4.69) is 14.9 Å². The Morgan fingerprint density at radius 3 is 3.00 bits per heavy atom. The fraction of sp³-hybridized carbons (Fsp3) is 0.562. The Balaban J connectivity index is 1.47. The maximum absolute atomic E-state index is 12.8. The molecule has 0 aliphatic carbocycles. The van der Waals surface area contributed by atoms with Crippen LogP contribution < -0.4 is 0 Å². The third-order valence-electron chi connectivity index (χ3n) is 4.62. The van der Waals surface area contributed by atoms with Gasteiger partial charge in [0.15, 0.2) is 0 Å². The third kappa shape index (κ3) is 3.07. The van der Waals surface area contributed by atoms with Gasteiger partial charge in [-0.1, -0.05) is 0 Å². The number of carbonyl (C=O) groups excluding carboxylic acids is 1. The average Bonchev–Trinajstić information content (AvgIpc) is 3.21. The Morgan fingerprint density at radius 2 is 2.17 bits per heavy atom. The number of carbonyl (C=O) groups is 1. The van der Waals surface area contributed by atoms with E-state index in [4.69, 9.17) is 0 Å². The third-order valence-corrected chi connectivity index (χ3v) is 5.56. The van der Waals surface area contributed by atoms with Gasteiger partial charge in [-0.2, -0.15) is 11.8 Å². The second-order valence-electron chi connectivity index (χ2n) is 6.13. The van der Waals surface area contributed by atoms with Crippen LogP contribution in [0.25, 0.3) is 5.78 Å². The van der Waals surface area contributed by atoms with E-state index in [0.717, 1.165) is 62.0 Å². The zero-order chi connectivity index (χ0) is 15.6. The number of fused-ring (bicyclic) bond motifs is 1. The van der Waals surface area contributed by atoms with Gasteiger partial charge >= 0.3 is 0 Å². The van der Waals surface area contributed by atoms with E-state index in [1.54, 1.807) is 6.20 Å². The minimum Gasteiger partial charge on any atom is -0.340 e. The molecule has 7 heteroatoms. The average molecular weight is 331 g/mol. The van der Waals surface area contributed by atoms with Gasteiger partial charge in [0, 0.05) is 49.7 Å². The number of aromatic nitrogens is 3. The molecule has 2 aliphatic rings. The van der Waals surface area contributed by atoms with Crippen molar-refractivity contribution in [1.29, 1.82) is 0 Å². The summed E-state index contributed by atoms with van der Waals surface area (Å²) in [5.74, 6) is 3.16. The van der Waals surface area contributed by atoms with Crippen molar-refractivity contribution in [1.82, 2.24) is 24.2 Å². The lowest BCUT2D eigenvalue weighted by Crippen LogP contribution is -2.48. The van der Waals surface area contributed by atoms with Gasteiger partial charge in [0.05, 0.1) is 11.7 Å². The Labute approximate surface area is 139 Å². The summed E-state index contributed by atoms with van der Waals surface area (Å²) in [5, 5.41) is 0. The number of likely N-dealkylation sites (tertiary alicyclic amines) is 1. The molecule has 1 atom stereocenters. The van der Waals surface area contributed by atoms with Crippen molar-refractivity contribution >= 4 is 23.4 Å². The molecular formula is C16H21N5OS. The van der Waals surface area contributed by atoms with Crippen molar-refractivity contribution in [3.05, 3.63) is 30.4 Å². The van der Waals surface area contributed by atoms with E-state index in [1.807, 2.05) is 39.5 Å². The zero-order valence-electron chi connectivity index (χ0n) is 13.1. The summed E-state index contributed by atoms with van der Waals surface area (Å²) in [7, 11) is 0. The molecular weight excluding hydrogens is 310 g/mol. The van der Waals surface area contributed by atoms with Crippen molar-refractivity contribution in [2.75, 3.05) is 31.1 Å². The van der Waals surface area contributed by atoms with E-state index >= 15 is 0 Å². The quantitative estimate of drug-likeness (QED) is 0.848. The van der Waals surface area contributed by atoms with Crippen LogP contribution in [0, 0.1) is 0 Å². The molecule has 2 aromatic rings. The molecule has 2 aromatic heterocycles. The van der Waals surface area contributed by atoms with E-state index < -0.39 is 0 Å². The van der Waals surface area contributed by atoms with Crippen LogP contribution in [0.5, 0.6) is 0 Å². The lowest BCUT2D eigenvalue weighted by Gasteiger charge is -2.32. The molecule has 4 heterocycles. The minimum absolute atomic E-state index is 0.0240. The number of amides is 1. The van der Waals surface area contributed by atoms with Crippen LogP contribution in [0.2, 0.25) is 0 Å². The number of rotatable bonds is 3. The first kappa shape index (κ1) is 15.0. The molecule has 1 amide bonds. The second kappa shape index (κ2) is 6.49. The van der Waals surface area contributed by atoms with Crippen LogP contribution in [0.15, 0.2) is 24.7 Å². The summed E-state index contributed by atoms with van der Waals surface area (Å²) < 4.78 is 1.93. The Bertz CT molecular complexity index is 664. The number of hydrogen-bond acceptors (Lipinski definition) is 5. The highest BCUT2D eigenvalue weighted by atomic mass is 32.2. The van der Waals surface area contributed by atoms with Crippen LogP contribution in [0.4, 0.5) is 0 Å². The molecule has 2 fully saturated rings. The Hall–Kier alpha value is -1.60. The summed E-state index contributed by atoms with van der Waals surface area (Å²) in [4.78, 5) is 26.0. The van der Waals surface area contributed by atoms with Crippen LogP contribution in [0.3, 0.4) is 0 Å². The molecule has 6 nitrogen and oxygen atoms in total. The van der Waals surface area contributed by atoms with Crippen molar-refractivity contribution in [3.63, 3.8) is 0 Å². The maximum Gasteiger partial charge on any atom is 0.239 e. The van der Waals surface area contributed by atoms with E-state index in [9.17, 15) is 4.79 Å². The Kier molecular flexibility index (Phi) is 4.22.